The maximum absolute atomic E-state index is 13.4. The summed E-state index contributed by atoms with van der Waals surface area (Å²) in [6.45, 7) is 3.87. The first-order chi connectivity index (χ1) is 20.5. The van der Waals surface area contributed by atoms with Crippen LogP contribution in [0.1, 0.15) is 80.2 Å². The third kappa shape index (κ3) is 4.57. The lowest BCUT2D eigenvalue weighted by molar-refractivity contribution is -0.142. The van der Waals surface area contributed by atoms with E-state index in [0.717, 1.165) is 81.7 Å². The molecule has 2 saturated heterocycles. The number of rotatable bonds is 4. The molecule has 3 heterocycles. The normalized spacial score (nSPS) is 32.6. The summed E-state index contributed by atoms with van der Waals surface area (Å²) in [4.78, 5) is 36.2. The maximum atomic E-state index is 13.4. The number of likely N-dealkylation sites (tertiary alicyclic amines) is 2. The molecule has 8 rings (SSSR count). The van der Waals surface area contributed by atoms with Crippen molar-refractivity contribution in [1.29, 1.82) is 0 Å². The van der Waals surface area contributed by atoms with Crippen molar-refractivity contribution < 1.29 is 9.59 Å². The van der Waals surface area contributed by atoms with Crippen LogP contribution in [0.15, 0.2) is 42.1 Å². The fourth-order valence-electron chi connectivity index (χ4n) is 9.87. The number of carbonyl (C=O) groups is 2. The summed E-state index contributed by atoms with van der Waals surface area (Å²) < 4.78 is 0. The van der Waals surface area contributed by atoms with Gasteiger partial charge in [-0.1, -0.05) is 42.1 Å². The summed E-state index contributed by atoms with van der Waals surface area (Å²) in [6, 6.07) is 10.7. The van der Waals surface area contributed by atoms with Gasteiger partial charge in [-0.15, -0.1) is 0 Å². The first kappa shape index (κ1) is 27.1. The molecule has 2 aliphatic heterocycles. The van der Waals surface area contributed by atoms with Gasteiger partial charge in [0.25, 0.3) is 0 Å². The molecule has 0 N–H and O–H groups in total. The Labute approximate surface area is 254 Å². The Balaban J connectivity index is 0.980. The molecule has 2 aromatic rings. The van der Waals surface area contributed by atoms with Crippen molar-refractivity contribution in [1.82, 2.24) is 14.8 Å². The minimum Gasteiger partial charge on any atom is -0.302 e. The quantitative estimate of drug-likeness (QED) is 0.382. The van der Waals surface area contributed by atoms with Gasteiger partial charge in [-0.25, -0.2) is 0 Å². The topological polar surface area (TPSA) is 53.5 Å². The minimum atomic E-state index is 0.0107. The van der Waals surface area contributed by atoms with E-state index in [-0.39, 0.29) is 23.7 Å². The molecule has 1 aromatic carbocycles. The van der Waals surface area contributed by atoms with Crippen molar-refractivity contribution in [3.8, 4) is 0 Å². The highest BCUT2D eigenvalue weighted by molar-refractivity contribution is 6.30. The fraction of sp³-hybridized carbons (Fsp3) is 0.583. The molecule has 6 aliphatic rings. The van der Waals surface area contributed by atoms with E-state index in [2.05, 4.69) is 29.2 Å². The molecule has 2 amide bonds. The van der Waals surface area contributed by atoms with Crippen LogP contribution in [0.5, 0.6) is 0 Å². The first-order valence-corrected chi connectivity index (χ1v) is 17.0. The predicted molar refractivity (Wildman–Crippen MR) is 165 cm³/mol. The van der Waals surface area contributed by atoms with E-state index >= 15 is 0 Å². The number of fused-ring (bicyclic) bond motifs is 7. The highest BCUT2D eigenvalue weighted by Crippen LogP contribution is 2.56. The summed E-state index contributed by atoms with van der Waals surface area (Å²) in [7, 11) is 0. The minimum absolute atomic E-state index is 0.0107. The average Bonchev–Trinajstić information content (AvgIpc) is 3.66. The highest BCUT2D eigenvalue weighted by Gasteiger charge is 2.61. The summed E-state index contributed by atoms with van der Waals surface area (Å²) in [5.74, 6) is 2.32. The smallest absolute Gasteiger partial charge is 0.233 e. The van der Waals surface area contributed by atoms with Crippen molar-refractivity contribution in [2.75, 3.05) is 26.2 Å². The summed E-state index contributed by atoms with van der Waals surface area (Å²) in [5, 5.41) is 0.807. The number of hydrogen-bond donors (Lipinski definition) is 0. The van der Waals surface area contributed by atoms with Crippen LogP contribution in [0.2, 0.25) is 5.02 Å². The average molecular weight is 584 g/mol. The van der Waals surface area contributed by atoms with Crippen LogP contribution in [0, 0.1) is 35.5 Å². The van der Waals surface area contributed by atoms with Crippen LogP contribution in [0.3, 0.4) is 0 Å². The number of pyridine rings is 1. The maximum Gasteiger partial charge on any atom is 0.233 e. The number of nitrogens with zero attached hydrogens (tertiary/aromatic N) is 3. The number of imide groups is 1. The molecule has 0 spiro atoms. The van der Waals surface area contributed by atoms with Crippen LogP contribution in [-0.4, -0.2) is 52.8 Å². The van der Waals surface area contributed by atoms with Crippen molar-refractivity contribution in [3.05, 3.63) is 69.5 Å². The van der Waals surface area contributed by atoms with Crippen molar-refractivity contribution >= 4 is 29.0 Å². The van der Waals surface area contributed by atoms with Crippen molar-refractivity contribution in [3.63, 3.8) is 0 Å². The van der Waals surface area contributed by atoms with E-state index in [1.54, 1.807) is 4.90 Å². The summed E-state index contributed by atoms with van der Waals surface area (Å²) in [5.41, 5.74) is 8.00. The Morgan fingerprint density at radius 2 is 1.50 bits per heavy atom. The van der Waals surface area contributed by atoms with Crippen LogP contribution < -0.4 is 0 Å². The summed E-state index contributed by atoms with van der Waals surface area (Å²) >= 11 is 6.43. The third-order valence-electron chi connectivity index (χ3n) is 11.9. The molecule has 0 radical (unpaired) electrons. The largest absolute Gasteiger partial charge is 0.302 e. The second kappa shape index (κ2) is 10.9. The third-order valence-corrected chi connectivity index (χ3v) is 12.2. The molecule has 5 nitrogen and oxygen atoms in total. The number of halogens is 1. The number of piperidine rings is 1. The number of aryl methyl sites for hydroxylation is 2. The SMILES string of the molecule is O=C1C2C(C(=O)N1C[C@H]1CCCC[C@@H]1CN1CCC(=C3c4ccc(Cl)cc4CCc4cccnc43)CC1)[C@H]1CC[C@@H]2C1. The standard InChI is InChI=1S/C36H42ClN3O2/c37-29-11-12-30-24(19-29)8-7-23-6-3-15-38-34(23)31(30)22-13-16-39(17-14-22)20-27-4-1-2-5-28(27)21-40-35(41)32-25-9-10-26(18-25)33(32)36(40)42/h3,6,11-12,15,19,25-28,32-33H,1-2,4-5,7-10,13-14,16-18,20-21H2/t25-,26+,27-,28-,32?,33?/m1/s1. The van der Waals surface area contributed by atoms with Crippen LogP contribution in [0.4, 0.5) is 0 Å². The van der Waals surface area contributed by atoms with Gasteiger partial charge in [0.15, 0.2) is 0 Å². The molecule has 2 bridgehead atoms. The lowest BCUT2D eigenvalue weighted by Crippen LogP contribution is -2.43. The predicted octanol–water partition coefficient (Wildman–Crippen LogP) is 6.57. The molecule has 5 fully saturated rings. The van der Waals surface area contributed by atoms with E-state index < -0.39 is 0 Å². The molecule has 4 aliphatic carbocycles. The zero-order chi connectivity index (χ0) is 28.4. The van der Waals surface area contributed by atoms with Gasteiger partial charge in [0.05, 0.1) is 17.5 Å². The molecular weight excluding hydrogens is 542 g/mol. The monoisotopic (exact) mass is 583 g/mol. The molecule has 6 atom stereocenters. The Bertz CT molecular complexity index is 1410. The van der Waals surface area contributed by atoms with E-state index in [1.807, 2.05) is 12.3 Å². The number of carbonyl (C=O) groups excluding carboxylic acids is 2. The van der Waals surface area contributed by atoms with Crippen molar-refractivity contribution in [2.24, 2.45) is 35.5 Å². The zero-order valence-electron chi connectivity index (χ0n) is 24.6. The lowest BCUT2D eigenvalue weighted by atomic mass is 9.78. The van der Waals surface area contributed by atoms with Gasteiger partial charge in [-0.05, 0) is 116 Å². The van der Waals surface area contributed by atoms with Crippen molar-refractivity contribution in [2.45, 2.75) is 70.6 Å². The van der Waals surface area contributed by atoms with Crippen LogP contribution in [-0.2, 0) is 22.4 Å². The molecule has 6 heteroatoms. The number of amides is 2. The van der Waals surface area contributed by atoms with E-state index in [0.29, 0.717) is 30.2 Å². The van der Waals surface area contributed by atoms with E-state index in [4.69, 9.17) is 16.6 Å². The van der Waals surface area contributed by atoms with Gasteiger partial charge in [0, 0.05) is 43.0 Å². The fourth-order valence-corrected chi connectivity index (χ4v) is 10.1. The van der Waals surface area contributed by atoms with Crippen LogP contribution in [0.25, 0.3) is 5.57 Å². The number of benzene rings is 1. The van der Waals surface area contributed by atoms with Gasteiger partial charge >= 0.3 is 0 Å². The molecule has 3 saturated carbocycles. The van der Waals surface area contributed by atoms with Gasteiger partial charge in [-0.3, -0.25) is 19.5 Å². The zero-order valence-corrected chi connectivity index (χ0v) is 25.3. The molecule has 2 unspecified atom stereocenters. The Kier molecular flexibility index (Phi) is 7.02. The van der Waals surface area contributed by atoms with E-state index in [9.17, 15) is 9.59 Å². The number of aromatic nitrogens is 1. The Morgan fingerprint density at radius 3 is 2.24 bits per heavy atom. The molecule has 42 heavy (non-hydrogen) atoms. The van der Waals surface area contributed by atoms with E-state index in [1.165, 1.54) is 47.1 Å². The number of hydrogen-bond acceptors (Lipinski definition) is 4. The Hall–Kier alpha value is -2.50. The Morgan fingerprint density at radius 1 is 0.810 bits per heavy atom. The molecule has 1 aromatic heterocycles. The van der Waals surface area contributed by atoms with Gasteiger partial charge in [0.1, 0.15) is 0 Å². The lowest BCUT2D eigenvalue weighted by Gasteiger charge is -2.39. The highest BCUT2D eigenvalue weighted by atomic mass is 35.5. The second-order valence-corrected chi connectivity index (χ2v) is 14.5. The van der Waals surface area contributed by atoms with Crippen LogP contribution >= 0.6 is 11.6 Å². The first-order valence-electron chi connectivity index (χ1n) is 16.6. The van der Waals surface area contributed by atoms with Gasteiger partial charge in [-0.2, -0.15) is 0 Å². The summed E-state index contributed by atoms with van der Waals surface area (Å²) in [6.07, 6.45) is 14.3. The second-order valence-electron chi connectivity index (χ2n) is 14.1. The van der Waals surface area contributed by atoms with Gasteiger partial charge < -0.3 is 4.90 Å². The molecule has 220 valence electrons. The van der Waals surface area contributed by atoms with Gasteiger partial charge in [0.2, 0.25) is 11.8 Å². The molecular formula is C36H42ClN3O2.